The third-order valence-electron chi connectivity index (χ3n) is 4.83. The standard InChI is InChI=1S/C25H22N2O3S/c1-2-27-23(17-31-25(27)26-21-13-11-19(12-14-21)24(28)29)20-9-6-10-22(15-20)30-16-18-7-4-3-5-8-18/h3-15,17H,2,16H2,1H3,(H,28,29)/b26-25-. The average molecular weight is 431 g/mol. The van der Waals surface area contributed by atoms with E-state index < -0.39 is 5.97 Å². The fourth-order valence-electron chi connectivity index (χ4n) is 3.23. The summed E-state index contributed by atoms with van der Waals surface area (Å²) in [4.78, 5) is 16.6. The van der Waals surface area contributed by atoms with Crippen LogP contribution in [0.2, 0.25) is 0 Å². The molecule has 0 spiro atoms. The van der Waals surface area contributed by atoms with Crippen molar-refractivity contribution >= 4 is 23.0 Å². The molecule has 0 aliphatic heterocycles. The summed E-state index contributed by atoms with van der Waals surface area (Å²) >= 11 is 1.56. The van der Waals surface area contributed by atoms with Crippen LogP contribution in [0.4, 0.5) is 5.69 Å². The van der Waals surface area contributed by atoms with E-state index >= 15 is 0 Å². The lowest BCUT2D eigenvalue weighted by molar-refractivity contribution is 0.0697. The lowest BCUT2D eigenvalue weighted by Gasteiger charge is -2.10. The van der Waals surface area contributed by atoms with Gasteiger partial charge in [-0.15, -0.1) is 11.3 Å². The van der Waals surface area contributed by atoms with Crippen LogP contribution in [0.3, 0.4) is 0 Å². The van der Waals surface area contributed by atoms with Crippen LogP contribution in [0.1, 0.15) is 22.8 Å². The second kappa shape index (κ2) is 9.45. The Balaban J connectivity index is 1.60. The Morgan fingerprint density at radius 3 is 2.52 bits per heavy atom. The van der Waals surface area contributed by atoms with Crippen LogP contribution in [0.15, 0.2) is 89.2 Å². The minimum Gasteiger partial charge on any atom is -0.489 e. The molecule has 6 heteroatoms. The highest BCUT2D eigenvalue weighted by Crippen LogP contribution is 2.25. The summed E-state index contributed by atoms with van der Waals surface area (Å²) in [6.45, 7) is 3.37. The van der Waals surface area contributed by atoms with Crippen molar-refractivity contribution in [3.8, 4) is 17.0 Å². The van der Waals surface area contributed by atoms with Gasteiger partial charge >= 0.3 is 5.97 Å². The molecule has 1 heterocycles. The van der Waals surface area contributed by atoms with Gasteiger partial charge in [0.05, 0.1) is 16.9 Å². The van der Waals surface area contributed by atoms with Crippen molar-refractivity contribution in [2.75, 3.05) is 0 Å². The minimum absolute atomic E-state index is 0.251. The Hall–Kier alpha value is -3.64. The largest absolute Gasteiger partial charge is 0.489 e. The van der Waals surface area contributed by atoms with E-state index in [1.165, 1.54) is 0 Å². The molecule has 1 N–H and O–H groups in total. The van der Waals surface area contributed by atoms with Gasteiger partial charge in [-0.3, -0.25) is 0 Å². The Morgan fingerprint density at radius 2 is 1.81 bits per heavy atom. The van der Waals surface area contributed by atoms with Gasteiger partial charge in [-0.05, 0) is 48.9 Å². The van der Waals surface area contributed by atoms with E-state index in [1.807, 2.05) is 48.5 Å². The molecule has 0 unspecified atom stereocenters. The van der Waals surface area contributed by atoms with Crippen LogP contribution < -0.4 is 9.54 Å². The summed E-state index contributed by atoms with van der Waals surface area (Å²) in [5.41, 5.74) is 4.23. The molecule has 0 amide bonds. The first-order chi connectivity index (χ1) is 15.1. The number of hydrogen-bond acceptors (Lipinski definition) is 4. The zero-order valence-electron chi connectivity index (χ0n) is 17.1. The summed E-state index contributed by atoms with van der Waals surface area (Å²) in [6, 6.07) is 24.7. The molecule has 0 saturated carbocycles. The molecule has 3 aromatic carbocycles. The average Bonchev–Trinajstić information content (AvgIpc) is 3.21. The number of aromatic carboxylic acids is 1. The molecular weight excluding hydrogens is 408 g/mol. The first kappa shape index (κ1) is 20.6. The molecule has 0 radical (unpaired) electrons. The highest BCUT2D eigenvalue weighted by atomic mass is 32.1. The highest BCUT2D eigenvalue weighted by molar-refractivity contribution is 7.07. The maximum atomic E-state index is 11.0. The van der Waals surface area contributed by atoms with Crippen LogP contribution in [0.5, 0.6) is 5.75 Å². The SMILES string of the molecule is CCn1c(-c2cccc(OCc3ccccc3)c2)cs/c1=N\c1ccc(C(=O)O)cc1. The van der Waals surface area contributed by atoms with Crippen molar-refractivity contribution in [1.29, 1.82) is 0 Å². The normalized spacial score (nSPS) is 11.5. The number of thiazole rings is 1. The second-order valence-corrected chi connectivity index (χ2v) is 7.75. The summed E-state index contributed by atoms with van der Waals surface area (Å²) in [7, 11) is 0. The number of hydrogen-bond donors (Lipinski definition) is 1. The van der Waals surface area contributed by atoms with Gasteiger partial charge in [0.2, 0.25) is 0 Å². The fourth-order valence-corrected chi connectivity index (χ4v) is 4.22. The maximum Gasteiger partial charge on any atom is 0.335 e. The van der Waals surface area contributed by atoms with E-state index in [2.05, 4.69) is 22.9 Å². The molecular formula is C25H22N2O3S. The molecule has 0 saturated heterocycles. The molecule has 0 aliphatic rings. The number of ether oxygens (including phenoxy) is 1. The molecule has 0 bridgehead atoms. The van der Waals surface area contributed by atoms with Gasteiger partial charge < -0.3 is 14.4 Å². The van der Waals surface area contributed by atoms with Gasteiger partial charge in [0.15, 0.2) is 4.80 Å². The third-order valence-corrected chi connectivity index (χ3v) is 5.69. The number of carboxylic acid groups (broad SMARTS) is 1. The van der Waals surface area contributed by atoms with Crippen molar-refractivity contribution in [3.63, 3.8) is 0 Å². The molecule has 156 valence electrons. The number of aromatic nitrogens is 1. The molecule has 0 aliphatic carbocycles. The van der Waals surface area contributed by atoms with Crippen molar-refractivity contribution < 1.29 is 14.6 Å². The highest BCUT2D eigenvalue weighted by Gasteiger charge is 2.09. The lowest BCUT2D eigenvalue weighted by atomic mass is 10.1. The van der Waals surface area contributed by atoms with Gasteiger partial charge in [-0.2, -0.15) is 0 Å². The first-order valence-corrected chi connectivity index (χ1v) is 10.9. The van der Waals surface area contributed by atoms with Crippen LogP contribution in [0, 0.1) is 0 Å². The number of carboxylic acids is 1. The molecule has 1 aromatic heterocycles. The van der Waals surface area contributed by atoms with E-state index in [9.17, 15) is 4.79 Å². The van der Waals surface area contributed by atoms with Crippen molar-refractivity contribution in [3.05, 3.63) is 100 Å². The van der Waals surface area contributed by atoms with Crippen molar-refractivity contribution in [1.82, 2.24) is 4.57 Å². The van der Waals surface area contributed by atoms with E-state index in [0.717, 1.165) is 39.6 Å². The van der Waals surface area contributed by atoms with Crippen LogP contribution in [-0.4, -0.2) is 15.6 Å². The summed E-state index contributed by atoms with van der Waals surface area (Å²) < 4.78 is 8.13. The summed E-state index contributed by atoms with van der Waals surface area (Å²) in [6.07, 6.45) is 0. The molecule has 0 atom stereocenters. The zero-order valence-corrected chi connectivity index (χ0v) is 17.9. The van der Waals surface area contributed by atoms with E-state index in [4.69, 9.17) is 14.8 Å². The smallest absolute Gasteiger partial charge is 0.335 e. The van der Waals surface area contributed by atoms with Crippen molar-refractivity contribution in [2.24, 2.45) is 4.99 Å². The number of nitrogens with zero attached hydrogens (tertiary/aromatic N) is 2. The fraction of sp³-hybridized carbons (Fsp3) is 0.120. The third kappa shape index (κ3) is 4.92. The minimum atomic E-state index is -0.942. The van der Waals surface area contributed by atoms with E-state index in [-0.39, 0.29) is 5.56 Å². The Bertz CT molecular complexity index is 1240. The molecule has 4 rings (SSSR count). The van der Waals surface area contributed by atoms with Crippen LogP contribution >= 0.6 is 11.3 Å². The van der Waals surface area contributed by atoms with Crippen molar-refractivity contribution in [2.45, 2.75) is 20.1 Å². The Kier molecular flexibility index (Phi) is 6.29. The van der Waals surface area contributed by atoms with Gasteiger partial charge in [-0.1, -0.05) is 42.5 Å². The monoisotopic (exact) mass is 430 g/mol. The van der Waals surface area contributed by atoms with E-state index in [1.54, 1.807) is 35.6 Å². The van der Waals surface area contributed by atoms with E-state index in [0.29, 0.717) is 6.61 Å². The zero-order chi connectivity index (χ0) is 21.6. The van der Waals surface area contributed by atoms with Gasteiger partial charge in [-0.25, -0.2) is 9.79 Å². The van der Waals surface area contributed by atoms with Crippen LogP contribution in [0.25, 0.3) is 11.3 Å². The summed E-state index contributed by atoms with van der Waals surface area (Å²) in [5, 5.41) is 11.1. The Morgan fingerprint density at radius 1 is 1.03 bits per heavy atom. The number of carbonyl (C=O) groups is 1. The molecule has 5 nitrogen and oxygen atoms in total. The van der Waals surface area contributed by atoms with Crippen LogP contribution in [-0.2, 0) is 13.2 Å². The predicted molar refractivity (Wildman–Crippen MR) is 123 cm³/mol. The molecule has 31 heavy (non-hydrogen) atoms. The number of rotatable bonds is 7. The van der Waals surface area contributed by atoms with Gasteiger partial charge in [0.25, 0.3) is 0 Å². The topological polar surface area (TPSA) is 63.8 Å². The molecule has 0 fully saturated rings. The van der Waals surface area contributed by atoms with Gasteiger partial charge in [0, 0.05) is 17.5 Å². The quantitative estimate of drug-likeness (QED) is 0.406. The van der Waals surface area contributed by atoms with Gasteiger partial charge in [0.1, 0.15) is 12.4 Å². The summed E-state index contributed by atoms with van der Waals surface area (Å²) in [5.74, 6) is -0.124. The predicted octanol–water partition coefficient (Wildman–Crippen LogP) is 5.75. The first-order valence-electron chi connectivity index (χ1n) is 9.97. The Labute approximate surface area is 184 Å². The second-order valence-electron chi connectivity index (χ2n) is 6.91. The molecule has 4 aromatic rings. The maximum absolute atomic E-state index is 11.0. The lowest BCUT2D eigenvalue weighted by Crippen LogP contribution is -2.14. The number of benzene rings is 3.